The zero-order valence-corrected chi connectivity index (χ0v) is 10.5. The molecule has 0 heterocycles. The lowest BCUT2D eigenvalue weighted by molar-refractivity contribution is 0.139. The molecule has 0 radical (unpaired) electrons. The van der Waals surface area contributed by atoms with Crippen LogP contribution < -0.4 is 5.32 Å². The number of hydrogen-bond acceptors (Lipinski definition) is 4. The fourth-order valence-electron chi connectivity index (χ4n) is 1.21. The number of rotatable bonds is 6. The fraction of sp³-hybridized carbons (Fsp3) is 0.364. The van der Waals surface area contributed by atoms with Crippen molar-refractivity contribution in [1.82, 2.24) is 5.32 Å². The van der Waals surface area contributed by atoms with E-state index in [2.05, 4.69) is 5.32 Å². The third kappa shape index (κ3) is 6.85. The Morgan fingerprint density at radius 1 is 1.28 bits per heavy atom. The van der Waals surface area contributed by atoms with Crippen molar-refractivity contribution in [3.05, 3.63) is 35.9 Å². The second-order valence-electron chi connectivity index (χ2n) is 3.59. The third-order valence-corrected chi connectivity index (χ3v) is 2.82. The fourth-order valence-corrected chi connectivity index (χ4v) is 1.70. The van der Waals surface area contributed by atoms with Crippen LogP contribution in [0.3, 0.4) is 0 Å². The van der Waals surface area contributed by atoms with Crippen LogP contribution in [0.2, 0.25) is 0 Å². The molecule has 1 aromatic carbocycles. The Labute approximate surface area is 105 Å². The summed E-state index contributed by atoms with van der Waals surface area (Å²) in [7, 11) is -4.47. The smallest absolute Gasteiger partial charge is 0.407 e. The third-order valence-electron chi connectivity index (χ3n) is 2.05. The van der Waals surface area contributed by atoms with Gasteiger partial charge >= 0.3 is 16.3 Å². The van der Waals surface area contributed by atoms with Crippen LogP contribution >= 0.6 is 0 Å². The van der Waals surface area contributed by atoms with Crippen LogP contribution in [0.25, 0.3) is 0 Å². The predicted octanol–water partition coefficient (Wildman–Crippen LogP) is 1.60. The molecule has 0 unspecified atom stereocenters. The largest absolute Gasteiger partial charge is 0.445 e. The van der Waals surface area contributed by atoms with Crippen LogP contribution in [0.15, 0.2) is 30.3 Å². The summed E-state index contributed by atoms with van der Waals surface area (Å²) in [4.78, 5) is 11.2. The van der Waals surface area contributed by atoms with Gasteiger partial charge in [0.2, 0.25) is 0 Å². The van der Waals surface area contributed by atoms with E-state index in [1.54, 1.807) is 0 Å². The number of halogens is 1. The Balaban J connectivity index is 2.15. The van der Waals surface area contributed by atoms with Gasteiger partial charge in [0, 0.05) is 6.54 Å². The van der Waals surface area contributed by atoms with Crippen LogP contribution in [0, 0.1) is 0 Å². The van der Waals surface area contributed by atoms with Crippen molar-refractivity contribution >= 4 is 16.3 Å². The van der Waals surface area contributed by atoms with E-state index in [1.165, 1.54) is 0 Å². The second-order valence-corrected chi connectivity index (χ2v) is 5.07. The van der Waals surface area contributed by atoms with Crippen molar-refractivity contribution < 1.29 is 21.8 Å². The Kier molecular flexibility index (Phi) is 5.57. The zero-order valence-electron chi connectivity index (χ0n) is 9.63. The molecule has 1 N–H and O–H groups in total. The standard InChI is InChI=1S/C11H14FNO4S/c12-18(15,16)8-4-7-13-11(14)17-9-10-5-2-1-3-6-10/h1-3,5-6H,4,7-9H2,(H,13,14). The maximum absolute atomic E-state index is 12.1. The van der Waals surface area contributed by atoms with E-state index in [-0.39, 0.29) is 19.6 Å². The minimum atomic E-state index is -4.47. The van der Waals surface area contributed by atoms with E-state index in [4.69, 9.17) is 4.74 Å². The summed E-state index contributed by atoms with van der Waals surface area (Å²) in [5, 5.41) is 2.33. The van der Waals surface area contributed by atoms with Crippen LogP contribution in [0.4, 0.5) is 8.68 Å². The molecule has 0 aliphatic heterocycles. The molecule has 5 nitrogen and oxygen atoms in total. The van der Waals surface area contributed by atoms with Gasteiger partial charge in [0.1, 0.15) is 6.61 Å². The number of nitrogens with one attached hydrogen (secondary N) is 1. The average Bonchev–Trinajstić information content (AvgIpc) is 2.32. The molecule has 1 rings (SSSR count). The number of ether oxygens (including phenoxy) is 1. The van der Waals surface area contributed by atoms with Gasteiger partial charge in [-0.1, -0.05) is 30.3 Å². The van der Waals surface area contributed by atoms with Gasteiger partial charge in [-0.2, -0.15) is 8.42 Å². The van der Waals surface area contributed by atoms with Gasteiger partial charge in [-0.25, -0.2) is 4.79 Å². The first kappa shape index (κ1) is 14.4. The Morgan fingerprint density at radius 3 is 2.56 bits per heavy atom. The SMILES string of the molecule is O=C(NCCCS(=O)(=O)F)OCc1ccccc1. The van der Waals surface area contributed by atoms with Gasteiger partial charge in [0.15, 0.2) is 0 Å². The summed E-state index contributed by atoms with van der Waals surface area (Å²) in [5.41, 5.74) is 0.846. The first-order valence-corrected chi connectivity index (χ1v) is 6.89. The normalized spacial score (nSPS) is 10.9. The Morgan fingerprint density at radius 2 is 1.94 bits per heavy atom. The zero-order chi connectivity index (χ0) is 13.4. The lowest BCUT2D eigenvalue weighted by Crippen LogP contribution is -2.26. The van der Waals surface area contributed by atoms with Crippen molar-refractivity contribution in [2.75, 3.05) is 12.3 Å². The summed E-state index contributed by atoms with van der Waals surface area (Å²) in [6.07, 6.45) is -0.644. The van der Waals surface area contributed by atoms with Crippen molar-refractivity contribution in [1.29, 1.82) is 0 Å². The molecule has 100 valence electrons. The molecule has 0 aromatic heterocycles. The maximum atomic E-state index is 12.1. The summed E-state index contributed by atoms with van der Waals surface area (Å²) in [6, 6.07) is 9.11. The molecule has 0 saturated heterocycles. The van der Waals surface area contributed by atoms with E-state index < -0.39 is 22.1 Å². The van der Waals surface area contributed by atoms with Crippen molar-refractivity contribution in [3.63, 3.8) is 0 Å². The van der Waals surface area contributed by atoms with Gasteiger partial charge in [0.25, 0.3) is 0 Å². The molecule has 0 aliphatic rings. The molecule has 7 heteroatoms. The number of benzene rings is 1. The molecular formula is C11H14FNO4S. The van der Waals surface area contributed by atoms with Gasteiger partial charge in [-0.05, 0) is 12.0 Å². The lowest BCUT2D eigenvalue weighted by Gasteiger charge is -2.06. The van der Waals surface area contributed by atoms with Gasteiger partial charge in [-0.3, -0.25) is 0 Å². The summed E-state index contributed by atoms with van der Waals surface area (Å²) in [5.74, 6) is -0.605. The number of carbonyl (C=O) groups is 1. The van der Waals surface area contributed by atoms with Crippen LogP contribution in [0.5, 0.6) is 0 Å². The quantitative estimate of drug-likeness (QED) is 0.632. The predicted molar refractivity (Wildman–Crippen MR) is 64.1 cm³/mol. The molecule has 0 atom stereocenters. The van der Waals surface area contributed by atoms with Gasteiger partial charge < -0.3 is 10.1 Å². The first-order chi connectivity index (χ1) is 8.47. The summed E-state index contributed by atoms with van der Waals surface area (Å²) in [6.45, 7) is 0.185. The van der Waals surface area contributed by atoms with E-state index in [0.29, 0.717) is 0 Å². The highest BCUT2D eigenvalue weighted by Gasteiger charge is 2.07. The molecular weight excluding hydrogens is 261 g/mol. The summed E-state index contributed by atoms with van der Waals surface area (Å²) >= 11 is 0. The van der Waals surface area contributed by atoms with Gasteiger partial charge in [0.05, 0.1) is 5.75 Å². The van der Waals surface area contributed by atoms with Gasteiger partial charge in [-0.15, -0.1) is 3.89 Å². The minimum absolute atomic E-state index is 0.0132. The first-order valence-electron chi connectivity index (χ1n) is 5.34. The number of amides is 1. The minimum Gasteiger partial charge on any atom is -0.445 e. The van der Waals surface area contributed by atoms with Crippen molar-refractivity contribution in [3.8, 4) is 0 Å². The molecule has 0 spiro atoms. The van der Waals surface area contributed by atoms with E-state index in [9.17, 15) is 17.1 Å². The van der Waals surface area contributed by atoms with E-state index in [1.807, 2.05) is 30.3 Å². The lowest BCUT2D eigenvalue weighted by atomic mass is 10.2. The Bertz CT molecular complexity index is 475. The average molecular weight is 275 g/mol. The van der Waals surface area contributed by atoms with Crippen LogP contribution in [0.1, 0.15) is 12.0 Å². The maximum Gasteiger partial charge on any atom is 0.407 e. The molecule has 0 aliphatic carbocycles. The van der Waals surface area contributed by atoms with Crippen molar-refractivity contribution in [2.45, 2.75) is 13.0 Å². The second kappa shape index (κ2) is 6.95. The highest BCUT2D eigenvalue weighted by atomic mass is 32.3. The van der Waals surface area contributed by atoms with Crippen molar-refractivity contribution in [2.24, 2.45) is 0 Å². The van der Waals surface area contributed by atoms with E-state index >= 15 is 0 Å². The van der Waals surface area contributed by atoms with Crippen LogP contribution in [-0.4, -0.2) is 26.8 Å². The summed E-state index contributed by atoms with van der Waals surface area (Å²) < 4.78 is 37.3. The molecule has 18 heavy (non-hydrogen) atoms. The molecule has 0 bridgehead atoms. The number of hydrogen-bond donors (Lipinski definition) is 1. The molecule has 0 saturated carbocycles. The highest BCUT2D eigenvalue weighted by molar-refractivity contribution is 7.86. The number of carbonyl (C=O) groups excluding carboxylic acids is 1. The highest BCUT2D eigenvalue weighted by Crippen LogP contribution is 2.00. The molecule has 1 aromatic rings. The van der Waals surface area contributed by atoms with E-state index in [0.717, 1.165) is 5.56 Å². The molecule has 1 amide bonds. The topological polar surface area (TPSA) is 72.5 Å². The number of alkyl carbamates (subject to hydrolysis) is 1. The van der Waals surface area contributed by atoms with Crippen LogP contribution in [-0.2, 0) is 21.6 Å². The monoisotopic (exact) mass is 275 g/mol. The molecule has 0 fully saturated rings. The Hall–Kier alpha value is -1.63.